The van der Waals surface area contributed by atoms with Gasteiger partial charge in [0, 0.05) is 12.3 Å². The number of pyridine rings is 1. The van der Waals surface area contributed by atoms with Gasteiger partial charge in [-0.15, -0.1) is 0 Å². The summed E-state index contributed by atoms with van der Waals surface area (Å²) in [6.45, 7) is 1.75. The molecule has 6 nitrogen and oxygen atoms in total. The Hall–Kier alpha value is -2.63. The van der Waals surface area contributed by atoms with E-state index in [0.29, 0.717) is 11.4 Å². The van der Waals surface area contributed by atoms with Gasteiger partial charge in [0.1, 0.15) is 6.26 Å². The van der Waals surface area contributed by atoms with Gasteiger partial charge in [-0.25, -0.2) is 4.79 Å². The summed E-state index contributed by atoms with van der Waals surface area (Å²) < 4.78 is 4.89. The highest BCUT2D eigenvalue weighted by molar-refractivity contribution is 6.03. The molecule has 2 aromatic heterocycles. The van der Waals surface area contributed by atoms with E-state index in [2.05, 4.69) is 10.3 Å². The molecule has 0 saturated carbocycles. The molecule has 2 rings (SSSR count). The van der Waals surface area contributed by atoms with Crippen molar-refractivity contribution in [1.82, 2.24) is 4.98 Å². The molecule has 0 radical (unpaired) electrons. The van der Waals surface area contributed by atoms with Crippen molar-refractivity contribution in [3.05, 3.63) is 47.7 Å². The SMILES string of the molecule is Cc1ncccc1NC(=O)c1cc(C(=O)O)co1. The number of rotatable bonds is 3. The number of hydrogen-bond donors (Lipinski definition) is 2. The maximum atomic E-state index is 11.8. The predicted molar refractivity (Wildman–Crippen MR) is 62.6 cm³/mol. The minimum atomic E-state index is -1.14. The van der Waals surface area contributed by atoms with Gasteiger partial charge in [0.25, 0.3) is 5.91 Å². The van der Waals surface area contributed by atoms with Crippen LogP contribution in [0, 0.1) is 6.92 Å². The van der Waals surface area contributed by atoms with Crippen LogP contribution in [0.15, 0.2) is 35.1 Å². The highest BCUT2D eigenvalue weighted by Crippen LogP contribution is 2.14. The Balaban J connectivity index is 2.17. The summed E-state index contributed by atoms with van der Waals surface area (Å²) in [6, 6.07) is 4.55. The molecule has 0 aromatic carbocycles. The van der Waals surface area contributed by atoms with Gasteiger partial charge in [0.15, 0.2) is 5.76 Å². The van der Waals surface area contributed by atoms with E-state index in [1.54, 1.807) is 25.3 Å². The normalized spacial score (nSPS) is 10.1. The molecule has 0 saturated heterocycles. The van der Waals surface area contributed by atoms with Crippen LogP contribution < -0.4 is 5.32 Å². The maximum absolute atomic E-state index is 11.8. The first-order valence-electron chi connectivity index (χ1n) is 5.12. The van der Waals surface area contributed by atoms with Crippen molar-refractivity contribution in [1.29, 1.82) is 0 Å². The van der Waals surface area contributed by atoms with Gasteiger partial charge in [-0.2, -0.15) is 0 Å². The van der Waals surface area contributed by atoms with Crippen LogP contribution in [0.25, 0.3) is 0 Å². The van der Waals surface area contributed by atoms with Gasteiger partial charge in [0.2, 0.25) is 0 Å². The number of carbonyl (C=O) groups is 2. The second-order valence-electron chi connectivity index (χ2n) is 3.60. The zero-order valence-electron chi connectivity index (χ0n) is 9.51. The van der Waals surface area contributed by atoms with E-state index in [0.717, 1.165) is 6.26 Å². The van der Waals surface area contributed by atoms with Gasteiger partial charge in [0.05, 0.1) is 16.9 Å². The van der Waals surface area contributed by atoms with Crippen LogP contribution in [-0.2, 0) is 0 Å². The monoisotopic (exact) mass is 246 g/mol. The maximum Gasteiger partial charge on any atom is 0.338 e. The lowest BCUT2D eigenvalue weighted by atomic mass is 10.3. The fourth-order valence-corrected chi connectivity index (χ4v) is 1.37. The van der Waals surface area contributed by atoms with Crippen LogP contribution >= 0.6 is 0 Å². The number of aryl methyl sites for hydroxylation is 1. The average molecular weight is 246 g/mol. The quantitative estimate of drug-likeness (QED) is 0.863. The fraction of sp³-hybridized carbons (Fsp3) is 0.0833. The zero-order valence-corrected chi connectivity index (χ0v) is 9.51. The largest absolute Gasteiger partial charge is 0.478 e. The predicted octanol–water partition coefficient (Wildman–Crippen LogP) is 1.93. The van der Waals surface area contributed by atoms with E-state index in [1.165, 1.54) is 6.07 Å². The molecule has 0 aliphatic heterocycles. The minimum Gasteiger partial charge on any atom is -0.478 e. The van der Waals surface area contributed by atoms with Crippen molar-refractivity contribution in [2.75, 3.05) is 5.32 Å². The van der Waals surface area contributed by atoms with Crippen LogP contribution in [0.5, 0.6) is 0 Å². The fourth-order valence-electron chi connectivity index (χ4n) is 1.37. The summed E-state index contributed by atoms with van der Waals surface area (Å²) >= 11 is 0. The molecule has 92 valence electrons. The van der Waals surface area contributed by atoms with Crippen LogP contribution in [0.4, 0.5) is 5.69 Å². The Morgan fingerprint density at radius 3 is 2.83 bits per heavy atom. The lowest BCUT2D eigenvalue weighted by Gasteiger charge is -2.04. The number of aromatic nitrogens is 1. The number of hydrogen-bond acceptors (Lipinski definition) is 4. The Kier molecular flexibility index (Phi) is 3.09. The minimum absolute atomic E-state index is 0.0596. The van der Waals surface area contributed by atoms with Gasteiger partial charge < -0.3 is 14.8 Å². The molecule has 0 bridgehead atoms. The Morgan fingerprint density at radius 1 is 1.44 bits per heavy atom. The van der Waals surface area contributed by atoms with Crippen LogP contribution in [0.2, 0.25) is 0 Å². The van der Waals surface area contributed by atoms with E-state index in [-0.39, 0.29) is 11.3 Å². The van der Waals surface area contributed by atoms with Crippen LogP contribution in [0.3, 0.4) is 0 Å². The summed E-state index contributed by atoms with van der Waals surface area (Å²) in [5.41, 5.74) is 1.15. The van der Waals surface area contributed by atoms with Crippen molar-refractivity contribution in [2.24, 2.45) is 0 Å². The first-order valence-corrected chi connectivity index (χ1v) is 5.12. The molecule has 0 atom stereocenters. The van der Waals surface area contributed by atoms with Crippen molar-refractivity contribution in [3.63, 3.8) is 0 Å². The van der Waals surface area contributed by atoms with Crippen molar-refractivity contribution < 1.29 is 19.1 Å². The molecular formula is C12H10N2O4. The summed E-state index contributed by atoms with van der Waals surface area (Å²) in [5.74, 6) is -1.72. The van der Waals surface area contributed by atoms with Gasteiger partial charge in [-0.05, 0) is 19.1 Å². The first kappa shape index (κ1) is 11.8. The van der Waals surface area contributed by atoms with E-state index in [1.807, 2.05) is 0 Å². The zero-order chi connectivity index (χ0) is 13.1. The summed E-state index contributed by atoms with van der Waals surface area (Å²) in [4.78, 5) is 26.4. The first-order chi connectivity index (χ1) is 8.58. The van der Waals surface area contributed by atoms with Crippen molar-refractivity contribution in [3.8, 4) is 0 Å². The topological polar surface area (TPSA) is 92.4 Å². The number of nitrogens with one attached hydrogen (secondary N) is 1. The molecule has 18 heavy (non-hydrogen) atoms. The van der Waals surface area contributed by atoms with Crippen molar-refractivity contribution in [2.45, 2.75) is 6.92 Å². The number of anilines is 1. The number of carboxylic acids is 1. The third kappa shape index (κ3) is 2.37. The lowest BCUT2D eigenvalue weighted by molar-refractivity contribution is 0.0696. The molecule has 0 aliphatic carbocycles. The van der Waals surface area contributed by atoms with Crippen molar-refractivity contribution >= 4 is 17.6 Å². The molecule has 1 amide bonds. The number of aromatic carboxylic acids is 1. The van der Waals surface area contributed by atoms with Gasteiger partial charge >= 0.3 is 5.97 Å². The number of nitrogens with zero attached hydrogens (tertiary/aromatic N) is 1. The summed E-state index contributed by atoms with van der Waals surface area (Å²) in [6.07, 6.45) is 2.63. The molecule has 2 heterocycles. The summed E-state index contributed by atoms with van der Waals surface area (Å²) in [5, 5.41) is 11.3. The molecule has 0 fully saturated rings. The molecule has 0 unspecified atom stereocenters. The number of carbonyl (C=O) groups excluding carboxylic acids is 1. The highest BCUT2D eigenvalue weighted by Gasteiger charge is 2.15. The number of carboxylic acid groups (broad SMARTS) is 1. The highest BCUT2D eigenvalue weighted by atomic mass is 16.4. The lowest BCUT2D eigenvalue weighted by Crippen LogP contribution is -2.12. The molecule has 2 aromatic rings. The van der Waals surface area contributed by atoms with Crippen LogP contribution in [0.1, 0.15) is 26.6 Å². The van der Waals surface area contributed by atoms with E-state index in [9.17, 15) is 9.59 Å². The Bertz CT molecular complexity index is 604. The number of amides is 1. The molecule has 0 aliphatic rings. The Morgan fingerprint density at radius 2 is 2.22 bits per heavy atom. The second kappa shape index (κ2) is 4.70. The standard InChI is InChI=1S/C12H10N2O4/c1-7-9(3-2-4-13-7)14-11(15)10-5-8(6-18-10)12(16)17/h2-6H,1H3,(H,14,15)(H,16,17). The van der Waals surface area contributed by atoms with E-state index in [4.69, 9.17) is 9.52 Å². The summed E-state index contributed by atoms with van der Waals surface area (Å²) in [7, 11) is 0. The second-order valence-corrected chi connectivity index (χ2v) is 3.60. The smallest absolute Gasteiger partial charge is 0.338 e. The van der Waals surface area contributed by atoms with E-state index >= 15 is 0 Å². The van der Waals surface area contributed by atoms with Crippen LogP contribution in [-0.4, -0.2) is 22.0 Å². The molecule has 2 N–H and O–H groups in total. The molecular weight excluding hydrogens is 236 g/mol. The third-order valence-corrected chi connectivity index (χ3v) is 2.33. The number of furan rings is 1. The molecule has 6 heteroatoms. The average Bonchev–Trinajstić information content (AvgIpc) is 2.81. The van der Waals surface area contributed by atoms with Gasteiger partial charge in [-0.1, -0.05) is 0 Å². The third-order valence-electron chi connectivity index (χ3n) is 2.33. The van der Waals surface area contributed by atoms with Gasteiger partial charge in [-0.3, -0.25) is 9.78 Å². The van der Waals surface area contributed by atoms with E-state index < -0.39 is 11.9 Å². The molecule has 0 spiro atoms. The Labute approximate surface area is 102 Å².